The van der Waals surface area contributed by atoms with Gasteiger partial charge in [-0.15, -0.1) is 0 Å². The van der Waals surface area contributed by atoms with Gasteiger partial charge in [-0.25, -0.2) is 13.1 Å². The summed E-state index contributed by atoms with van der Waals surface area (Å²) in [7, 11) is -3.65. The first-order valence-electron chi connectivity index (χ1n) is 8.03. The topological polar surface area (TPSA) is 101 Å². The Balaban J connectivity index is 2.54. The van der Waals surface area contributed by atoms with Crippen LogP contribution in [0.15, 0.2) is 27.6 Å². The third-order valence-electron chi connectivity index (χ3n) is 3.89. The number of carbonyl (C=O) groups excluding carboxylic acids is 1. The van der Waals surface area contributed by atoms with Gasteiger partial charge in [-0.05, 0) is 44.4 Å². The van der Waals surface area contributed by atoms with E-state index in [1.54, 1.807) is 32.0 Å². The van der Waals surface area contributed by atoms with Crippen molar-refractivity contribution in [3.05, 3.63) is 29.5 Å². The van der Waals surface area contributed by atoms with Crippen LogP contribution in [0, 0.1) is 13.8 Å². The summed E-state index contributed by atoms with van der Waals surface area (Å²) in [5.74, 6) is -0.0946. The molecule has 0 bridgehead atoms. The third-order valence-corrected chi connectivity index (χ3v) is 5.62. The van der Waals surface area contributed by atoms with Crippen LogP contribution in [-0.4, -0.2) is 25.5 Å². The molecule has 8 heteroatoms. The molecule has 1 atom stereocenters. The number of hydrogen-bond donors (Lipinski definition) is 2. The maximum absolute atomic E-state index is 12.7. The van der Waals surface area contributed by atoms with Gasteiger partial charge in [-0.3, -0.25) is 10.1 Å². The highest BCUT2D eigenvalue weighted by molar-refractivity contribution is 7.89. The number of hydrogen-bond acceptors (Lipinski definition) is 5. The molecule has 7 nitrogen and oxygen atoms in total. The zero-order chi connectivity index (χ0) is 18.8. The van der Waals surface area contributed by atoms with Gasteiger partial charge in [0.15, 0.2) is 0 Å². The first kappa shape index (κ1) is 19.1. The number of rotatable bonds is 6. The summed E-state index contributed by atoms with van der Waals surface area (Å²) in [6, 6.07) is 4.91. The zero-order valence-electron chi connectivity index (χ0n) is 15.0. The number of aromatic nitrogens is 1. The Labute approximate surface area is 147 Å². The fourth-order valence-corrected chi connectivity index (χ4v) is 4.01. The van der Waals surface area contributed by atoms with Crippen molar-refractivity contribution in [1.82, 2.24) is 9.88 Å². The van der Waals surface area contributed by atoms with Crippen LogP contribution in [0.5, 0.6) is 0 Å². The molecule has 0 unspecified atom stereocenters. The van der Waals surface area contributed by atoms with E-state index >= 15 is 0 Å². The van der Waals surface area contributed by atoms with Gasteiger partial charge in [0, 0.05) is 13.0 Å². The fourth-order valence-electron chi connectivity index (χ4n) is 2.41. The van der Waals surface area contributed by atoms with Crippen molar-refractivity contribution in [2.75, 3.05) is 5.32 Å². The predicted molar refractivity (Wildman–Crippen MR) is 95.8 cm³/mol. The van der Waals surface area contributed by atoms with Gasteiger partial charge >= 0.3 is 0 Å². The Kier molecular flexibility index (Phi) is 5.64. The molecule has 0 saturated heterocycles. The first-order valence-corrected chi connectivity index (χ1v) is 9.51. The largest absolute Gasteiger partial charge is 0.337 e. The van der Waals surface area contributed by atoms with Crippen LogP contribution in [0.25, 0.3) is 11.1 Å². The lowest BCUT2D eigenvalue weighted by molar-refractivity contribution is -0.114. The Bertz CT molecular complexity index is 887. The SMILES string of the molecule is CC[C@H](C)NS(=O)(=O)c1cc(-c2c(C)noc2NC(C)=O)ccc1C. The molecule has 136 valence electrons. The van der Waals surface area contributed by atoms with Gasteiger partial charge in [-0.1, -0.05) is 24.2 Å². The monoisotopic (exact) mass is 365 g/mol. The van der Waals surface area contributed by atoms with Crippen molar-refractivity contribution in [2.45, 2.75) is 52.0 Å². The molecule has 2 aromatic rings. The highest BCUT2D eigenvalue weighted by Gasteiger charge is 2.22. The number of carbonyl (C=O) groups is 1. The summed E-state index contributed by atoms with van der Waals surface area (Å²) in [5, 5.41) is 6.44. The minimum atomic E-state index is -3.65. The molecule has 0 aliphatic rings. The van der Waals surface area contributed by atoms with Crippen LogP contribution in [-0.2, 0) is 14.8 Å². The lowest BCUT2D eigenvalue weighted by Crippen LogP contribution is -2.32. The Morgan fingerprint density at radius 3 is 2.60 bits per heavy atom. The second-order valence-electron chi connectivity index (χ2n) is 6.06. The number of aryl methyl sites for hydroxylation is 2. The van der Waals surface area contributed by atoms with Crippen molar-refractivity contribution in [1.29, 1.82) is 0 Å². The maximum Gasteiger partial charge on any atom is 0.241 e. The zero-order valence-corrected chi connectivity index (χ0v) is 15.8. The van der Waals surface area contributed by atoms with E-state index in [0.717, 1.165) is 0 Å². The molecular formula is C17H23N3O4S. The van der Waals surface area contributed by atoms with Crippen LogP contribution in [0.1, 0.15) is 38.4 Å². The predicted octanol–water partition coefficient (Wildman–Crippen LogP) is 2.99. The number of nitrogens with one attached hydrogen (secondary N) is 2. The molecule has 0 aliphatic heterocycles. The minimum Gasteiger partial charge on any atom is -0.337 e. The number of sulfonamides is 1. The maximum atomic E-state index is 12.7. The van der Waals surface area contributed by atoms with Gasteiger partial charge < -0.3 is 4.52 Å². The van der Waals surface area contributed by atoms with Crippen LogP contribution < -0.4 is 10.0 Å². The van der Waals surface area contributed by atoms with E-state index in [-0.39, 0.29) is 22.7 Å². The highest BCUT2D eigenvalue weighted by Crippen LogP contribution is 2.33. The molecule has 1 aromatic carbocycles. The first-order chi connectivity index (χ1) is 11.7. The molecule has 2 N–H and O–H groups in total. The van der Waals surface area contributed by atoms with Crippen molar-refractivity contribution < 1.29 is 17.7 Å². The summed E-state index contributed by atoms with van der Waals surface area (Å²) in [6.45, 7) is 8.56. The minimum absolute atomic E-state index is 0.166. The summed E-state index contributed by atoms with van der Waals surface area (Å²) in [5.41, 5.74) is 2.37. The van der Waals surface area contributed by atoms with Crippen LogP contribution in [0.2, 0.25) is 0 Å². The van der Waals surface area contributed by atoms with E-state index in [0.29, 0.717) is 28.8 Å². The molecule has 1 aromatic heterocycles. The molecule has 0 saturated carbocycles. The molecule has 0 aliphatic carbocycles. The summed E-state index contributed by atoms with van der Waals surface area (Å²) in [6.07, 6.45) is 0.690. The fraction of sp³-hybridized carbons (Fsp3) is 0.412. The summed E-state index contributed by atoms with van der Waals surface area (Å²) >= 11 is 0. The van der Waals surface area contributed by atoms with Gasteiger partial charge in [-0.2, -0.15) is 0 Å². The smallest absolute Gasteiger partial charge is 0.241 e. The Hall–Kier alpha value is -2.19. The van der Waals surface area contributed by atoms with E-state index in [4.69, 9.17) is 4.52 Å². The normalized spacial score (nSPS) is 12.8. The van der Waals surface area contributed by atoms with Gasteiger partial charge in [0.1, 0.15) is 0 Å². The van der Waals surface area contributed by atoms with Crippen LogP contribution in [0.4, 0.5) is 5.88 Å². The number of benzene rings is 1. The van der Waals surface area contributed by atoms with Gasteiger partial charge in [0.2, 0.25) is 21.8 Å². The van der Waals surface area contributed by atoms with E-state index in [2.05, 4.69) is 15.2 Å². The second kappa shape index (κ2) is 7.37. The molecule has 0 fully saturated rings. The van der Waals surface area contributed by atoms with Gasteiger partial charge in [0.05, 0.1) is 16.2 Å². The van der Waals surface area contributed by atoms with Crippen molar-refractivity contribution >= 4 is 21.8 Å². The van der Waals surface area contributed by atoms with E-state index in [1.807, 2.05) is 13.8 Å². The molecule has 25 heavy (non-hydrogen) atoms. The Morgan fingerprint density at radius 2 is 2.00 bits per heavy atom. The molecule has 1 heterocycles. The standard InChI is InChI=1S/C17H23N3O4S/c1-6-11(3)20-25(22,23)15-9-14(8-7-10(15)2)16-12(4)19-24-17(16)18-13(5)21/h7-9,11,20H,6H2,1-5H3,(H,18,21)/t11-/m0/s1. The van der Waals surface area contributed by atoms with Gasteiger partial charge in [0.25, 0.3) is 0 Å². The molecule has 1 amide bonds. The number of amides is 1. The van der Waals surface area contributed by atoms with E-state index in [1.165, 1.54) is 6.92 Å². The lowest BCUT2D eigenvalue weighted by atomic mass is 10.0. The number of anilines is 1. The Morgan fingerprint density at radius 1 is 1.32 bits per heavy atom. The van der Waals surface area contributed by atoms with E-state index < -0.39 is 10.0 Å². The second-order valence-corrected chi connectivity index (χ2v) is 7.75. The van der Waals surface area contributed by atoms with Crippen molar-refractivity contribution in [2.24, 2.45) is 0 Å². The molecule has 0 radical (unpaired) electrons. The van der Waals surface area contributed by atoms with Crippen molar-refractivity contribution in [3.8, 4) is 11.1 Å². The summed E-state index contributed by atoms with van der Waals surface area (Å²) < 4.78 is 33.2. The third kappa shape index (κ3) is 4.26. The van der Waals surface area contributed by atoms with Crippen LogP contribution in [0.3, 0.4) is 0 Å². The average molecular weight is 365 g/mol. The summed E-state index contributed by atoms with van der Waals surface area (Å²) in [4.78, 5) is 11.5. The quantitative estimate of drug-likeness (QED) is 0.819. The molecule has 0 spiro atoms. The van der Waals surface area contributed by atoms with Crippen LogP contribution >= 0.6 is 0 Å². The van der Waals surface area contributed by atoms with Crippen molar-refractivity contribution in [3.63, 3.8) is 0 Å². The average Bonchev–Trinajstić information content (AvgIpc) is 2.87. The lowest BCUT2D eigenvalue weighted by Gasteiger charge is -2.15. The number of nitrogens with zero attached hydrogens (tertiary/aromatic N) is 1. The highest BCUT2D eigenvalue weighted by atomic mass is 32.2. The molecule has 2 rings (SSSR count). The molecular weight excluding hydrogens is 342 g/mol. The van der Waals surface area contributed by atoms with E-state index in [9.17, 15) is 13.2 Å².